The van der Waals surface area contributed by atoms with E-state index in [4.69, 9.17) is 18.9 Å². The number of hydrogen-bond donors (Lipinski definition) is 0. The standard InChI is InChI=1S/C25H27NO8S/c1-11-4-6-13(7-5-11)35(29,30)26-12(10-31-22(26)28)9-24-20(33-23(2,3)34-24)19-16-14-8-15-17(18(14)32-19)25(15,16)21(24)27/h4-7,12,14-20H,8-10H2,1-3H3/t12-,14+,15+,16-,17+,18+,19+,20-,24-,25+/m0/s1. The third-order valence-electron chi connectivity index (χ3n) is 9.87. The van der Waals surface area contributed by atoms with Gasteiger partial charge < -0.3 is 18.9 Å². The number of fused-ring (bicyclic) bond motifs is 2. The van der Waals surface area contributed by atoms with Crippen LogP contribution in [0.15, 0.2) is 29.2 Å². The zero-order valence-electron chi connectivity index (χ0n) is 19.7. The number of sulfonamides is 1. The van der Waals surface area contributed by atoms with Crippen molar-refractivity contribution in [1.82, 2.24) is 4.31 Å². The number of rotatable bonds is 4. The Morgan fingerprint density at radius 2 is 1.83 bits per heavy atom. The van der Waals surface area contributed by atoms with E-state index in [2.05, 4.69) is 0 Å². The maximum Gasteiger partial charge on any atom is 0.424 e. The fourth-order valence-corrected chi connectivity index (χ4v) is 10.5. The van der Waals surface area contributed by atoms with E-state index in [1.807, 2.05) is 6.92 Å². The fourth-order valence-electron chi connectivity index (χ4n) is 9.03. The first kappa shape index (κ1) is 21.1. The second kappa shape index (κ2) is 5.93. The van der Waals surface area contributed by atoms with Gasteiger partial charge in [0.25, 0.3) is 10.0 Å². The molecule has 3 heterocycles. The van der Waals surface area contributed by atoms with Crippen LogP contribution in [0, 0.1) is 36.0 Å². The van der Waals surface area contributed by atoms with Crippen molar-refractivity contribution in [2.45, 2.75) is 74.3 Å². The summed E-state index contributed by atoms with van der Waals surface area (Å²) < 4.78 is 52.4. The van der Waals surface area contributed by atoms with Crippen LogP contribution in [-0.4, -0.2) is 66.9 Å². The Hall–Kier alpha value is -2.01. The smallest absolute Gasteiger partial charge is 0.424 e. The van der Waals surface area contributed by atoms with Crippen molar-refractivity contribution in [2.24, 2.45) is 29.1 Å². The molecule has 1 aromatic rings. The summed E-state index contributed by atoms with van der Waals surface area (Å²) in [6.07, 6.45) is -0.721. The first-order valence-electron chi connectivity index (χ1n) is 12.4. The van der Waals surface area contributed by atoms with Gasteiger partial charge in [-0.25, -0.2) is 13.2 Å². The van der Waals surface area contributed by atoms with Crippen LogP contribution >= 0.6 is 0 Å². The average Bonchev–Trinajstić information content (AvgIpc) is 3.38. The highest BCUT2D eigenvalue weighted by molar-refractivity contribution is 7.89. The molecule has 5 saturated carbocycles. The van der Waals surface area contributed by atoms with Gasteiger partial charge >= 0.3 is 6.09 Å². The van der Waals surface area contributed by atoms with Gasteiger partial charge in [0.2, 0.25) is 0 Å². The lowest BCUT2D eigenvalue weighted by Crippen LogP contribution is -2.66. The summed E-state index contributed by atoms with van der Waals surface area (Å²) in [4.78, 5) is 27.2. The van der Waals surface area contributed by atoms with Gasteiger partial charge in [-0.15, -0.1) is 0 Å². The quantitative estimate of drug-likeness (QED) is 0.617. The second-order valence-electron chi connectivity index (χ2n) is 11.9. The Bertz CT molecular complexity index is 1310. The lowest BCUT2D eigenvalue weighted by atomic mass is 9.64. The Morgan fingerprint density at radius 3 is 2.54 bits per heavy atom. The van der Waals surface area contributed by atoms with Crippen molar-refractivity contribution in [3.63, 3.8) is 0 Å². The van der Waals surface area contributed by atoms with Gasteiger partial charge in [-0.05, 0) is 51.2 Å². The Kier molecular flexibility index (Phi) is 3.58. The largest absolute Gasteiger partial charge is 0.446 e. The van der Waals surface area contributed by atoms with Gasteiger partial charge in [-0.3, -0.25) is 4.79 Å². The van der Waals surface area contributed by atoms with Crippen LogP contribution in [0.25, 0.3) is 0 Å². The Labute approximate surface area is 203 Å². The summed E-state index contributed by atoms with van der Waals surface area (Å²) in [5.74, 6) is 0.0934. The van der Waals surface area contributed by atoms with Crippen molar-refractivity contribution >= 4 is 21.9 Å². The monoisotopic (exact) mass is 501 g/mol. The summed E-state index contributed by atoms with van der Waals surface area (Å²) in [5.41, 5.74) is -0.927. The van der Waals surface area contributed by atoms with Crippen LogP contribution in [-0.2, 0) is 33.8 Å². The molecule has 3 aliphatic heterocycles. The minimum atomic E-state index is -4.19. The molecule has 5 aliphatic carbocycles. The van der Waals surface area contributed by atoms with Gasteiger partial charge in [0.1, 0.15) is 12.7 Å². The highest BCUT2D eigenvalue weighted by Gasteiger charge is 2.95. The summed E-state index contributed by atoms with van der Waals surface area (Å²) in [6, 6.07) is 5.43. The highest BCUT2D eigenvalue weighted by atomic mass is 32.2. The average molecular weight is 502 g/mol. The van der Waals surface area contributed by atoms with E-state index in [-0.39, 0.29) is 47.8 Å². The summed E-state index contributed by atoms with van der Waals surface area (Å²) in [6.45, 7) is 5.26. The first-order valence-corrected chi connectivity index (χ1v) is 13.8. The molecule has 1 amide bonds. The molecule has 1 aromatic carbocycles. The number of Topliss-reactive ketones (excluding diaryl/α,β-unsaturated/α-hetero) is 1. The van der Waals surface area contributed by atoms with Crippen molar-refractivity contribution in [2.75, 3.05) is 6.61 Å². The van der Waals surface area contributed by atoms with Crippen LogP contribution in [0.3, 0.4) is 0 Å². The predicted octanol–water partition coefficient (Wildman–Crippen LogP) is 2.02. The Balaban J connectivity index is 1.20. The topological polar surface area (TPSA) is 108 Å². The molecule has 10 atom stereocenters. The zero-order valence-corrected chi connectivity index (χ0v) is 20.5. The van der Waals surface area contributed by atoms with Gasteiger partial charge in [0.05, 0.1) is 23.1 Å². The zero-order chi connectivity index (χ0) is 24.3. The maximum absolute atomic E-state index is 14.4. The summed E-state index contributed by atoms with van der Waals surface area (Å²) in [7, 11) is -4.19. The third kappa shape index (κ3) is 2.18. The number of cyclic esters (lactones) is 1. The van der Waals surface area contributed by atoms with Gasteiger partial charge in [-0.1, -0.05) is 17.7 Å². The molecule has 0 aromatic heterocycles. The number of ketones is 1. The molecule has 0 radical (unpaired) electrons. The molecule has 8 aliphatic rings. The van der Waals surface area contributed by atoms with Crippen LogP contribution in [0.2, 0.25) is 0 Å². The van der Waals surface area contributed by atoms with Gasteiger partial charge in [-0.2, -0.15) is 4.31 Å². The van der Waals surface area contributed by atoms with Crippen molar-refractivity contribution in [3.8, 4) is 0 Å². The van der Waals surface area contributed by atoms with Gasteiger partial charge in [0, 0.05) is 23.7 Å². The molecule has 6 bridgehead atoms. The molecule has 1 spiro atoms. The van der Waals surface area contributed by atoms with Crippen molar-refractivity contribution in [1.29, 1.82) is 0 Å². The molecule has 0 N–H and O–H groups in total. The molecule has 9 nitrogen and oxygen atoms in total. The van der Waals surface area contributed by atoms with E-state index < -0.39 is 45.1 Å². The molecular weight excluding hydrogens is 474 g/mol. The number of benzene rings is 1. The minimum absolute atomic E-state index is 0.00240. The number of carbonyl (C=O) groups excluding carboxylic acids is 2. The normalized spacial score (nSPS) is 49.5. The SMILES string of the molecule is Cc1ccc(S(=O)(=O)N2C(=O)OC[C@@H]2C[C@]23OC(C)(C)O[C@H]2[C@@H]2O[C@@H]4[C@@H]5C[C@@H]6[C@H]4[C@]6(C3=O)[C@@H]52)cc1. The number of amides is 1. The van der Waals surface area contributed by atoms with E-state index in [0.29, 0.717) is 11.8 Å². The number of aryl methyl sites for hydroxylation is 1. The lowest BCUT2D eigenvalue weighted by Gasteiger charge is -2.47. The van der Waals surface area contributed by atoms with E-state index >= 15 is 0 Å². The first-order chi connectivity index (χ1) is 16.5. The van der Waals surface area contributed by atoms with Crippen LogP contribution in [0.4, 0.5) is 4.79 Å². The molecule has 10 heteroatoms. The lowest BCUT2D eigenvalue weighted by molar-refractivity contribution is -0.183. The number of hydrogen-bond acceptors (Lipinski definition) is 8. The van der Waals surface area contributed by atoms with Crippen molar-refractivity contribution < 1.29 is 37.0 Å². The molecule has 8 fully saturated rings. The number of ether oxygens (including phenoxy) is 4. The van der Waals surface area contributed by atoms with E-state index in [1.165, 1.54) is 12.1 Å². The summed E-state index contributed by atoms with van der Waals surface area (Å²) in [5, 5.41) is 0. The van der Waals surface area contributed by atoms with Crippen molar-refractivity contribution in [3.05, 3.63) is 29.8 Å². The summed E-state index contributed by atoms with van der Waals surface area (Å²) >= 11 is 0. The van der Waals surface area contributed by atoms with Crippen LogP contribution in [0.5, 0.6) is 0 Å². The van der Waals surface area contributed by atoms with E-state index in [0.717, 1.165) is 16.3 Å². The van der Waals surface area contributed by atoms with E-state index in [9.17, 15) is 18.0 Å². The highest BCUT2D eigenvalue weighted by Crippen LogP contribution is 2.88. The number of nitrogens with zero attached hydrogens (tertiary/aromatic N) is 1. The molecule has 9 rings (SSSR count). The molecule has 35 heavy (non-hydrogen) atoms. The van der Waals surface area contributed by atoms with Crippen LogP contribution < -0.4 is 0 Å². The van der Waals surface area contributed by atoms with Gasteiger partial charge in [0.15, 0.2) is 17.2 Å². The van der Waals surface area contributed by atoms with E-state index in [1.54, 1.807) is 26.0 Å². The Morgan fingerprint density at radius 1 is 1.09 bits per heavy atom. The molecular formula is C25H27NO8S. The minimum Gasteiger partial charge on any atom is -0.446 e. The maximum atomic E-state index is 14.4. The predicted molar refractivity (Wildman–Crippen MR) is 117 cm³/mol. The second-order valence-corrected chi connectivity index (χ2v) is 13.7. The molecule has 0 unspecified atom stereocenters. The third-order valence-corrected chi connectivity index (χ3v) is 11.7. The fraction of sp³-hybridized carbons (Fsp3) is 0.680. The number of carbonyl (C=O) groups is 2. The van der Waals surface area contributed by atoms with Crippen LogP contribution in [0.1, 0.15) is 32.3 Å². The molecule has 186 valence electrons. The molecule has 3 saturated heterocycles.